The van der Waals surface area contributed by atoms with E-state index in [1.165, 1.54) is 31.2 Å². The molecule has 0 aliphatic rings. The van der Waals surface area contributed by atoms with E-state index >= 15 is 0 Å². The Bertz CT molecular complexity index is 386. The van der Waals surface area contributed by atoms with Gasteiger partial charge in [-0.2, -0.15) is 0 Å². The minimum Gasteiger partial charge on any atom is -0.496 e. The molecule has 1 atom stereocenters. The Hall–Kier alpha value is -0.0200. The second-order valence-corrected chi connectivity index (χ2v) is 6.65. The fraction of sp³-hybridized carbons (Fsp3) is 0.625. The number of methoxy groups -OCH3 is 1. The average Bonchev–Trinajstić information content (AvgIpc) is 2.44. The first-order valence-electron chi connectivity index (χ1n) is 6.99. The first-order valence-corrected chi connectivity index (χ1v) is 8.90. The molecule has 0 N–H and O–H groups in total. The van der Waals surface area contributed by atoms with Crippen LogP contribution >= 0.6 is 31.9 Å². The van der Waals surface area contributed by atoms with Crippen LogP contribution in [-0.2, 0) is 6.42 Å². The highest BCUT2D eigenvalue weighted by Gasteiger charge is 2.26. The van der Waals surface area contributed by atoms with Crippen molar-refractivity contribution in [1.29, 1.82) is 0 Å². The van der Waals surface area contributed by atoms with Gasteiger partial charge in [0.1, 0.15) is 5.75 Å². The lowest BCUT2D eigenvalue weighted by molar-refractivity contribution is 0.283. The molecule has 1 aromatic carbocycles. The molecule has 1 nitrogen and oxygen atoms in total. The third-order valence-corrected chi connectivity index (χ3v) is 5.70. The number of rotatable bonds is 8. The number of hydrogen-bond acceptors (Lipinski definition) is 1. The van der Waals surface area contributed by atoms with E-state index in [2.05, 4.69) is 57.8 Å². The molecule has 0 heterocycles. The van der Waals surface area contributed by atoms with Crippen molar-refractivity contribution in [3.05, 3.63) is 28.2 Å². The summed E-state index contributed by atoms with van der Waals surface area (Å²) < 4.78 is 6.34. The zero-order valence-corrected chi connectivity index (χ0v) is 15.3. The van der Waals surface area contributed by atoms with Crippen LogP contribution in [0.2, 0.25) is 0 Å². The van der Waals surface area contributed by atoms with E-state index in [0.29, 0.717) is 5.41 Å². The third kappa shape index (κ3) is 4.78. The zero-order chi connectivity index (χ0) is 14.3. The standard InChI is InChI=1S/C16H24Br2O/c1-4-6-9-16(5-2,12-17)11-13-7-8-15(19-3)14(18)10-13/h7-8,10H,4-6,9,11-12H2,1-3H3. The van der Waals surface area contributed by atoms with E-state index < -0.39 is 0 Å². The monoisotopic (exact) mass is 390 g/mol. The van der Waals surface area contributed by atoms with Crippen LogP contribution in [0.5, 0.6) is 5.75 Å². The van der Waals surface area contributed by atoms with Crippen LogP contribution in [-0.4, -0.2) is 12.4 Å². The van der Waals surface area contributed by atoms with Crippen LogP contribution < -0.4 is 4.74 Å². The number of unbranched alkanes of at least 4 members (excludes halogenated alkanes) is 1. The summed E-state index contributed by atoms with van der Waals surface area (Å²) in [5.41, 5.74) is 1.76. The largest absolute Gasteiger partial charge is 0.496 e. The van der Waals surface area contributed by atoms with E-state index in [1.807, 2.05) is 6.07 Å². The van der Waals surface area contributed by atoms with Gasteiger partial charge in [0, 0.05) is 5.33 Å². The maximum atomic E-state index is 5.29. The van der Waals surface area contributed by atoms with E-state index in [-0.39, 0.29) is 0 Å². The van der Waals surface area contributed by atoms with Crippen molar-refractivity contribution < 1.29 is 4.74 Å². The van der Waals surface area contributed by atoms with Crippen LogP contribution in [0.15, 0.2) is 22.7 Å². The number of benzene rings is 1. The molecular weight excluding hydrogens is 368 g/mol. The maximum Gasteiger partial charge on any atom is 0.133 e. The quantitative estimate of drug-likeness (QED) is 0.495. The predicted octanol–water partition coefficient (Wildman–Crippen LogP) is 5.98. The van der Waals surface area contributed by atoms with Gasteiger partial charge in [0.05, 0.1) is 11.6 Å². The molecule has 108 valence electrons. The van der Waals surface area contributed by atoms with Crippen molar-refractivity contribution in [3.63, 3.8) is 0 Å². The smallest absolute Gasteiger partial charge is 0.133 e. The molecule has 0 aromatic heterocycles. The van der Waals surface area contributed by atoms with Crippen molar-refractivity contribution >= 4 is 31.9 Å². The highest BCUT2D eigenvalue weighted by atomic mass is 79.9. The minimum atomic E-state index is 0.379. The molecule has 0 saturated heterocycles. The number of ether oxygens (including phenoxy) is 1. The Balaban J connectivity index is 2.86. The highest BCUT2D eigenvalue weighted by Crippen LogP contribution is 2.36. The van der Waals surface area contributed by atoms with Crippen molar-refractivity contribution in [1.82, 2.24) is 0 Å². The van der Waals surface area contributed by atoms with E-state index in [1.54, 1.807) is 7.11 Å². The van der Waals surface area contributed by atoms with E-state index in [0.717, 1.165) is 22.0 Å². The lowest BCUT2D eigenvalue weighted by Gasteiger charge is -2.31. The Labute approximate surface area is 134 Å². The second-order valence-electron chi connectivity index (χ2n) is 5.24. The minimum absolute atomic E-state index is 0.379. The summed E-state index contributed by atoms with van der Waals surface area (Å²) in [5, 5.41) is 1.07. The van der Waals surface area contributed by atoms with Crippen molar-refractivity contribution in [2.45, 2.75) is 46.0 Å². The summed E-state index contributed by atoms with van der Waals surface area (Å²) in [5.74, 6) is 0.901. The Morgan fingerprint density at radius 2 is 2.00 bits per heavy atom. The van der Waals surface area contributed by atoms with Gasteiger partial charge in [0.25, 0.3) is 0 Å². The van der Waals surface area contributed by atoms with E-state index in [9.17, 15) is 0 Å². The van der Waals surface area contributed by atoms with Crippen LogP contribution in [0.25, 0.3) is 0 Å². The Morgan fingerprint density at radius 1 is 1.26 bits per heavy atom. The highest BCUT2D eigenvalue weighted by molar-refractivity contribution is 9.10. The topological polar surface area (TPSA) is 9.23 Å². The number of alkyl halides is 1. The molecule has 0 aliphatic heterocycles. The second kappa shape index (κ2) is 8.31. The van der Waals surface area contributed by atoms with Gasteiger partial charge in [0.2, 0.25) is 0 Å². The lowest BCUT2D eigenvalue weighted by Crippen LogP contribution is -2.25. The molecule has 0 saturated carbocycles. The van der Waals surface area contributed by atoms with Crippen LogP contribution in [0.3, 0.4) is 0 Å². The van der Waals surface area contributed by atoms with Gasteiger partial charge >= 0.3 is 0 Å². The van der Waals surface area contributed by atoms with Crippen LogP contribution in [0, 0.1) is 5.41 Å². The van der Waals surface area contributed by atoms with Gasteiger partial charge in [-0.05, 0) is 58.3 Å². The van der Waals surface area contributed by atoms with Crippen molar-refractivity contribution in [2.75, 3.05) is 12.4 Å². The number of hydrogen-bond donors (Lipinski definition) is 0. The summed E-state index contributed by atoms with van der Waals surface area (Å²) in [6.07, 6.45) is 6.19. The van der Waals surface area contributed by atoms with Crippen molar-refractivity contribution in [2.24, 2.45) is 5.41 Å². The molecular formula is C16H24Br2O. The zero-order valence-electron chi connectivity index (χ0n) is 12.1. The summed E-state index contributed by atoms with van der Waals surface area (Å²) in [7, 11) is 1.70. The molecule has 0 fully saturated rings. The molecule has 0 radical (unpaired) electrons. The third-order valence-electron chi connectivity index (χ3n) is 3.89. The SMILES string of the molecule is CCCCC(CC)(CBr)Cc1ccc(OC)c(Br)c1. The van der Waals surface area contributed by atoms with Crippen LogP contribution in [0.4, 0.5) is 0 Å². The molecule has 19 heavy (non-hydrogen) atoms. The molecule has 1 unspecified atom stereocenters. The fourth-order valence-corrected chi connectivity index (χ4v) is 3.87. The molecule has 1 aromatic rings. The van der Waals surface area contributed by atoms with Crippen LogP contribution in [0.1, 0.15) is 45.1 Å². The molecule has 1 rings (SSSR count). The Morgan fingerprint density at radius 3 is 2.47 bits per heavy atom. The first kappa shape index (κ1) is 17.0. The maximum absolute atomic E-state index is 5.29. The normalized spacial score (nSPS) is 14.2. The van der Waals surface area contributed by atoms with Gasteiger partial charge in [-0.25, -0.2) is 0 Å². The average molecular weight is 392 g/mol. The van der Waals surface area contributed by atoms with Gasteiger partial charge in [0.15, 0.2) is 0 Å². The Kier molecular flexibility index (Phi) is 7.45. The van der Waals surface area contributed by atoms with Gasteiger partial charge in [-0.15, -0.1) is 0 Å². The van der Waals surface area contributed by atoms with Gasteiger partial charge in [-0.1, -0.05) is 48.7 Å². The predicted molar refractivity (Wildman–Crippen MR) is 90.4 cm³/mol. The van der Waals surface area contributed by atoms with E-state index in [4.69, 9.17) is 4.74 Å². The summed E-state index contributed by atoms with van der Waals surface area (Å²) in [6, 6.07) is 6.42. The lowest BCUT2D eigenvalue weighted by atomic mass is 9.77. The molecule has 3 heteroatoms. The van der Waals surface area contributed by atoms with Gasteiger partial charge < -0.3 is 4.74 Å². The summed E-state index contributed by atoms with van der Waals surface area (Å²) in [6.45, 7) is 4.56. The number of halogens is 2. The first-order chi connectivity index (χ1) is 9.10. The fourth-order valence-electron chi connectivity index (χ4n) is 2.40. The molecule has 0 amide bonds. The van der Waals surface area contributed by atoms with Crippen molar-refractivity contribution in [3.8, 4) is 5.75 Å². The van der Waals surface area contributed by atoms with Gasteiger partial charge in [-0.3, -0.25) is 0 Å². The molecule has 0 bridgehead atoms. The molecule has 0 spiro atoms. The summed E-state index contributed by atoms with van der Waals surface area (Å²) in [4.78, 5) is 0. The summed E-state index contributed by atoms with van der Waals surface area (Å²) >= 11 is 7.31. The molecule has 0 aliphatic carbocycles.